The highest BCUT2D eigenvalue weighted by molar-refractivity contribution is 5.89. The van der Waals surface area contributed by atoms with Crippen LogP contribution in [-0.4, -0.2) is 28.7 Å². The van der Waals surface area contributed by atoms with Gasteiger partial charge in [0.2, 0.25) is 5.95 Å². The Hall–Kier alpha value is -2.77. The summed E-state index contributed by atoms with van der Waals surface area (Å²) in [4.78, 5) is 22.0. The number of hydrogen-bond donors (Lipinski definition) is 1. The van der Waals surface area contributed by atoms with E-state index < -0.39 is 23.8 Å². The predicted octanol–water partition coefficient (Wildman–Crippen LogP) is 3.91. The van der Waals surface area contributed by atoms with E-state index in [1.54, 1.807) is 13.0 Å². The van der Waals surface area contributed by atoms with Crippen LogP contribution in [0.5, 0.6) is 0 Å². The van der Waals surface area contributed by atoms with E-state index in [1.807, 2.05) is 13.8 Å². The molecule has 8 heteroatoms. The van der Waals surface area contributed by atoms with Crippen LogP contribution in [0, 0.1) is 17.6 Å². The van der Waals surface area contributed by atoms with Gasteiger partial charge in [0, 0.05) is 11.8 Å². The van der Waals surface area contributed by atoms with Crippen LogP contribution in [0.15, 0.2) is 30.5 Å². The SMILES string of the molecule is CC(Nc1nccc(N2C(=O)OCC2C(C)C)n1)c1cccc(F)c1F. The van der Waals surface area contributed by atoms with Crippen LogP contribution in [0.25, 0.3) is 0 Å². The first-order chi connectivity index (χ1) is 12.4. The third-order valence-electron chi connectivity index (χ3n) is 4.36. The van der Waals surface area contributed by atoms with Crippen LogP contribution in [0.2, 0.25) is 0 Å². The standard InChI is InChI=1S/C18H20F2N4O2/c1-10(2)14-9-26-18(25)24(14)15-7-8-21-17(23-15)22-11(3)12-5-4-6-13(19)16(12)20/h4-8,10-11,14H,9H2,1-3H3,(H,21,22,23). The summed E-state index contributed by atoms with van der Waals surface area (Å²) in [6.07, 6.45) is 1.04. The Morgan fingerprint density at radius 2 is 2.04 bits per heavy atom. The van der Waals surface area contributed by atoms with Gasteiger partial charge in [0.05, 0.1) is 12.1 Å². The van der Waals surface area contributed by atoms with Crippen molar-refractivity contribution in [3.63, 3.8) is 0 Å². The number of benzene rings is 1. The van der Waals surface area contributed by atoms with Crippen molar-refractivity contribution >= 4 is 17.9 Å². The molecule has 26 heavy (non-hydrogen) atoms. The number of hydrogen-bond acceptors (Lipinski definition) is 5. The second-order valence-corrected chi connectivity index (χ2v) is 6.51. The Kier molecular flexibility index (Phi) is 5.01. The monoisotopic (exact) mass is 362 g/mol. The van der Waals surface area contributed by atoms with Gasteiger partial charge in [0.1, 0.15) is 12.4 Å². The number of carbonyl (C=O) groups excluding carboxylic acids is 1. The molecule has 1 aromatic carbocycles. The molecule has 2 unspecified atom stereocenters. The topological polar surface area (TPSA) is 67.4 Å². The molecule has 1 aliphatic heterocycles. The summed E-state index contributed by atoms with van der Waals surface area (Å²) >= 11 is 0. The van der Waals surface area contributed by atoms with E-state index >= 15 is 0 Å². The lowest BCUT2D eigenvalue weighted by Crippen LogP contribution is -2.37. The maximum absolute atomic E-state index is 13.9. The highest BCUT2D eigenvalue weighted by Gasteiger charge is 2.37. The summed E-state index contributed by atoms with van der Waals surface area (Å²) < 4.78 is 32.5. The second-order valence-electron chi connectivity index (χ2n) is 6.51. The summed E-state index contributed by atoms with van der Waals surface area (Å²) in [5, 5.41) is 2.94. The quantitative estimate of drug-likeness (QED) is 0.873. The van der Waals surface area contributed by atoms with Gasteiger partial charge in [-0.05, 0) is 25.0 Å². The number of nitrogens with zero attached hydrogens (tertiary/aromatic N) is 3. The van der Waals surface area contributed by atoms with Crippen LogP contribution in [0.3, 0.4) is 0 Å². The number of anilines is 2. The molecule has 1 saturated heterocycles. The average molecular weight is 362 g/mol. The highest BCUT2D eigenvalue weighted by atomic mass is 19.2. The first-order valence-corrected chi connectivity index (χ1v) is 8.38. The molecule has 3 rings (SSSR count). The van der Waals surface area contributed by atoms with Gasteiger partial charge >= 0.3 is 6.09 Å². The van der Waals surface area contributed by atoms with Crippen LogP contribution in [0.4, 0.5) is 25.3 Å². The van der Waals surface area contributed by atoms with E-state index in [2.05, 4.69) is 15.3 Å². The van der Waals surface area contributed by atoms with E-state index in [-0.39, 0.29) is 23.5 Å². The normalized spacial score (nSPS) is 18.2. The van der Waals surface area contributed by atoms with E-state index in [9.17, 15) is 13.6 Å². The molecule has 6 nitrogen and oxygen atoms in total. The number of nitrogens with one attached hydrogen (secondary N) is 1. The Labute approximate surface area is 150 Å². The summed E-state index contributed by atoms with van der Waals surface area (Å²) in [5.74, 6) is -1.03. The molecule has 0 bridgehead atoms. The zero-order chi connectivity index (χ0) is 18.8. The molecule has 1 aliphatic rings. The molecule has 1 fully saturated rings. The number of amides is 1. The molecule has 2 atom stereocenters. The number of rotatable bonds is 5. The lowest BCUT2D eigenvalue weighted by molar-refractivity contribution is 0.177. The fraction of sp³-hybridized carbons (Fsp3) is 0.389. The van der Waals surface area contributed by atoms with Crippen molar-refractivity contribution in [1.29, 1.82) is 0 Å². The van der Waals surface area contributed by atoms with Crippen LogP contribution >= 0.6 is 0 Å². The Balaban J connectivity index is 1.83. The van der Waals surface area contributed by atoms with Gasteiger partial charge in [-0.25, -0.2) is 18.6 Å². The number of carbonyl (C=O) groups is 1. The van der Waals surface area contributed by atoms with Gasteiger partial charge in [-0.2, -0.15) is 4.98 Å². The first kappa shape index (κ1) is 18.0. The van der Waals surface area contributed by atoms with Gasteiger partial charge in [-0.1, -0.05) is 26.0 Å². The molecule has 138 valence electrons. The second kappa shape index (κ2) is 7.23. The van der Waals surface area contributed by atoms with Crippen LogP contribution in [-0.2, 0) is 4.74 Å². The number of cyclic esters (lactones) is 1. The molecule has 0 saturated carbocycles. The molecular formula is C18H20F2N4O2. The predicted molar refractivity (Wildman–Crippen MR) is 92.9 cm³/mol. The minimum absolute atomic E-state index is 0.122. The lowest BCUT2D eigenvalue weighted by atomic mass is 10.0. The minimum Gasteiger partial charge on any atom is -0.447 e. The average Bonchev–Trinajstić information content (AvgIpc) is 2.99. The molecule has 2 heterocycles. The van der Waals surface area contributed by atoms with Crippen molar-refractivity contribution < 1.29 is 18.3 Å². The molecule has 1 N–H and O–H groups in total. The summed E-state index contributed by atoms with van der Waals surface area (Å²) in [6.45, 7) is 5.96. The van der Waals surface area contributed by atoms with Gasteiger partial charge in [0.15, 0.2) is 11.6 Å². The van der Waals surface area contributed by atoms with Crippen molar-refractivity contribution in [2.45, 2.75) is 32.9 Å². The summed E-state index contributed by atoms with van der Waals surface area (Å²) in [6, 6.07) is 4.92. The maximum atomic E-state index is 13.9. The molecule has 0 radical (unpaired) electrons. The molecule has 0 spiro atoms. The smallest absolute Gasteiger partial charge is 0.415 e. The van der Waals surface area contributed by atoms with Crippen molar-refractivity contribution in [2.75, 3.05) is 16.8 Å². The van der Waals surface area contributed by atoms with E-state index in [0.717, 1.165) is 6.07 Å². The first-order valence-electron chi connectivity index (χ1n) is 8.38. The van der Waals surface area contributed by atoms with Gasteiger partial charge in [-0.15, -0.1) is 0 Å². The molecular weight excluding hydrogens is 342 g/mol. The van der Waals surface area contributed by atoms with Gasteiger partial charge < -0.3 is 10.1 Å². The molecule has 0 aliphatic carbocycles. The fourth-order valence-corrected chi connectivity index (χ4v) is 2.87. The summed E-state index contributed by atoms with van der Waals surface area (Å²) in [5.41, 5.74) is 0.166. The molecule has 1 aromatic heterocycles. The lowest BCUT2D eigenvalue weighted by Gasteiger charge is -2.23. The van der Waals surface area contributed by atoms with Crippen molar-refractivity contribution in [3.05, 3.63) is 47.7 Å². The van der Waals surface area contributed by atoms with E-state index in [1.165, 1.54) is 23.2 Å². The van der Waals surface area contributed by atoms with E-state index in [4.69, 9.17) is 4.74 Å². The Bertz CT molecular complexity index is 816. The largest absolute Gasteiger partial charge is 0.447 e. The van der Waals surface area contributed by atoms with Gasteiger partial charge in [-0.3, -0.25) is 4.90 Å². The Morgan fingerprint density at radius 1 is 1.27 bits per heavy atom. The van der Waals surface area contributed by atoms with Crippen molar-refractivity contribution in [2.24, 2.45) is 5.92 Å². The van der Waals surface area contributed by atoms with Crippen molar-refractivity contribution in [1.82, 2.24) is 9.97 Å². The van der Waals surface area contributed by atoms with Gasteiger partial charge in [0.25, 0.3) is 0 Å². The molecule has 2 aromatic rings. The fourth-order valence-electron chi connectivity index (χ4n) is 2.87. The third kappa shape index (κ3) is 3.44. The zero-order valence-corrected chi connectivity index (χ0v) is 14.7. The molecule has 1 amide bonds. The number of ether oxygens (including phenoxy) is 1. The van der Waals surface area contributed by atoms with Crippen LogP contribution in [0.1, 0.15) is 32.4 Å². The maximum Gasteiger partial charge on any atom is 0.415 e. The highest BCUT2D eigenvalue weighted by Crippen LogP contribution is 2.27. The number of aromatic nitrogens is 2. The minimum atomic E-state index is -0.912. The summed E-state index contributed by atoms with van der Waals surface area (Å²) in [7, 11) is 0. The van der Waals surface area contributed by atoms with E-state index in [0.29, 0.717) is 12.4 Å². The van der Waals surface area contributed by atoms with Crippen molar-refractivity contribution in [3.8, 4) is 0 Å². The number of halogens is 2. The zero-order valence-electron chi connectivity index (χ0n) is 14.7. The van der Waals surface area contributed by atoms with Crippen LogP contribution < -0.4 is 10.2 Å². The Morgan fingerprint density at radius 3 is 2.77 bits per heavy atom. The third-order valence-corrected chi connectivity index (χ3v) is 4.36.